The van der Waals surface area contributed by atoms with Crippen LogP contribution in [-0.4, -0.2) is 11.9 Å². The third-order valence-corrected chi connectivity index (χ3v) is 9.14. The Labute approximate surface area is 293 Å². The molecule has 2 rings (SSSR count). The van der Waals surface area contributed by atoms with E-state index in [-0.39, 0.29) is 11.9 Å². The van der Waals surface area contributed by atoms with E-state index in [4.69, 9.17) is 13.9 Å². The van der Waals surface area contributed by atoms with Gasteiger partial charge in [0.2, 0.25) is 0 Å². The molecule has 0 aliphatic carbocycles. The van der Waals surface area contributed by atoms with Crippen LogP contribution in [0.1, 0.15) is 169 Å². The first-order chi connectivity index (χ1) is 23.3. The summed E-state index contributed by atoms with van der Waals surface area (Å²) in [6, 6.07) is 2.03. The maximum absolute atomic E-state index is 12.6. The van der Waals surface area contributed by atoms with Crippen LogP contribution in [0.4, 0.5) is 0 Å². The Morgan fingerprint density at radius 1 is 0.812 bits per heavy atom. The SMILES string of the molecule is CCCCCCCC/C=C\CCCCCCCC(=O)OC1=C(C)C(=O)O/C1=C\[C@@H](C)CCC/C(C)=C/CC/C(C)=C/CCc1ccoc1. The number of aryl methyl sites for hydroxylation is 1. The van der Waals surface area contributed by atoms with Crippen molar-refractivity contribution >= 4 is 11.9 Å². The van der Waals surface area contributed by atoms with Crippen molar-refractivity contribution in [2.45, 2.75) is 169 Å². The minimum atomic E-state index is -0.429. The molecular formula is C43H66O5. The summed E-state index contributed by atoms with van der Waals surface area (Å²) in [5.41, 5.74) is 4.46. The Hall–Kier alpha value is -3.08. The molecule has 1 aromatic heterocycles. The molecule has 0 bridgehead atoms. The van der Waals surface area contributed by atoms with Crippen LogP contribution in [0.15, 0.2) is 81.6 Å². The van der Waals surface area contributed by atoms with Gasteiger partial charge >= 0.3 is 11.9 Å². The molecule has 0 saturated carbocycles. The van der Waals surface area contributed by atoms with Gasteiger partial charge in [-0.2, -0.15) is 0 Å². The third-order valence-electron chi connectivity index (χ3n) is 9.14. The van der Waals surface area contributed by atoms with Crippen molar-refractivity contribution in [1.82, 2.24) is 0 Å². The maximum atomic E-state index is 12.6. The molecular weight excluding hydrogens is 596 g/mol. The second-order valence-corrected chi connectivity index (χ2v) is 13.9. The van der Waals surface area contributed by atoms with Crippen LogP contribution < -0.4 is 0 Å². The average Bonchev–Trinajstić information content (AvgIpc) is 3.66. The van der Waals surface area contributed by atoms with Crippen molar-refractivity contribution < 1.29 is 23.5 Å². The number of ether oxygens (including phenoxy) is 2. The standard InChI is InChI=1S/C43H66O5/c1-6-7-8-9-10-11-12-13-14-15-16-17-18-19-20-30-41(44)48-42-38(5)43(45)47-40(42)33-37(4)28-22-26-35(2)24-21-25-36(3)27-23-29-39-31-32-46-34-39/h13-14,24,27,31-34,37H,6-12,15-23,25-26,28-30H2,1-5H3/b14-13-,35-24+,36-27+,40-33-/t37-/m0/s1. The molecule has 0 fully saturated rings. The van der Waals surface area contributed by atoms with Crippen molar-refractivity contribution in [1.29, 1.82) is 0 Å². The van der Waals surface area contributed by atoms with E-state index in [9.17, 15) is 9.59 Å². The number of carbonyl (C=O) groups excluding carboxylic acids is 2. The molecule has 1 aromatic rings. The first-order valence-corrected chi connectivity index (χ1v) is 19.1. The number of esters is 2. The molecule has 1 atom stereocenters. The quantitative estimate of drug-likeness (QED) is 0.0533. The Morgan fingerprint density at radius 3 is 2.15 bits per heavy atom. The number of cyclic esters (lactones) is 1. The summed E-state index contributed by atoms with van der Waals surface area (Å²) in [4.78, 5) is 24.9. The number of unbranched alkanes of at least 4 members (excludes halogenated alkanes) is 11. The van der Waals surface area contributed by atoms with Gasteiger partial charge in [-0.3, -0.25) is 4.79 Å². The lowest BCUT2D eigenvalue weighted by Crippen LogP contribution is -2.06. The van der Waals surface area contributed by atoms with E-state index in [2.05, 4.69) is 52.0 Å². The highest BCUT2D eigenvalue weighted by molar-refractivity contribution is 5.94. The van der Waals surface area contributed by atoms with E-state index in [1.54, 1.807) is 13.2 Å². The fourth-order valence-corrected chi connectivity index (χ4v) is 5.96. The van der Waals surface area contributed by atoms with Crippen LogP contribution >= 0.6 is 0 Å². The van der Waals surface area contributed by atoms with Crippen molar-refractivity contribution in [3.05, 3.63) is 82.8 Å². The van der Waals surface area contributed by atoms with Gasteiger partial charge in [0.25, 0.3) is 0 Å². The molecule has 0 radical (unpaired) electrons. The molecule has 1 aliphatic heterocycles. The molecule has 268 valence electrons. The summed E-state index contributed by atoms with van der Waals surface area (Å²) < 4.78 is 16.3. The minimum absolute atomic E-state index is 0.200. The minimum Gasteiger partial charge on any atom is -0.472 e. The molecule has 0 amide bonds. The van der Waals surface area contributed by atoms with Crippen LogP contribution in [0.5, 0.6) is 0 Å². The summed E-state index contributed by atoms with van der Waals surface area (Å²) >= 11 is 0. The molecule has 0 spiro atoms. The Balaban J connectivity index is 1.59. The molecule has 0 N–H and O–H groups in total. The highest BCUT2D eigenvalue weighted by atomic mass is 16.6. The second kappa shape index (κ2) is 25.9. The number of carbonyl (C=O) groups is 2. The fourth-order valence-electron chi connectivity index (χ4n) is 5.96. The zero-order valence-electron chi connectivity index (χ0n) is 31.1. The first-order valence-electron chi connectivity index (χ1n) is 19.1. The van der Waals surface area contributed by atoms with E-state index in [0.717, 1.165) is 70.6 Å². The molecule has 0 saturated heterocycles. The predicted molar refractivity (Wildman–Crippen MR) is 199 cm³/mol. The van der Waals surface area contributed by atoms with Gasteiger partial charge in [0, 0.05) is 6.42 Å². The van der Waals surface area contributed by atoms with Crippen molar-refractivity contribution in [3.8, 4) is 0 Å². The number of hydrogen-bond acceptors (Lipinski definition) is 5. The van der Waals surface area contributed by atoms with Crippen molar-refractivity contribution in [2.24, 2.45) is 5.92 Å². The first kappa shape index (κ1) is 41.1. The second-order valence-electron chi connectivity index (χ2n) is 13.9. The Kier molecular flexibility index (Phi) is 22.1. The number of hydrogen-bond donors (Lipinski definition) is 0. The fraction of sp³-hybridized carbons (Fsp3) is 0.628. The smallest absolute Gasteiger partial charge is 0.343 e. The number of rotatable bonds is 27. The highest BCUT2D eigenvalue weighted by Crippen LogP contribution is 2.30. The van der Waals surface area contributed by atoms with E-state index < -0.39 is 5.97 Å². The van der Waals surface area contributed by atoms with Gasteiger partial charge in [-0.1, -0.05) is 101 Å². The molecule has 1 aliphatic rings. The van der Waals surface area contributed by atoms with Gasteiger partial charge in [0.1, 0.15) is 0 Å². The molecule has 0 unspecified atom stereocenters. The zero-order chi connectivity index (χ0) is 34.8. The lowest BCUT2D eigenvalue weighted by molar-refractivity contribution is -0.140. The van der Waals surface area contributed by atoms with Gasteiger partial charge in [0.05, 0.1) is 18.1 Å². The third kappa shape index (κ3) is 19.1. The maximum Gasteiger partial charge on any atom is 0.343 e. The van der Waals surface area contributed by atoms with Gasteiger partial charge in [-0.15, -0.1) is 0 Å². The normalized spacial score (nSPS) is 15.6. The Morgan fingerprint density at radius 2 is 1.46 bits per heavy atom. The van der Waals surface area contributed by atoms with Gasteiger partial charge in [-0.25, -0.2) is 4.79 Å². The summed E-state index contributed by atoms with van der Waals surface area (Å²) in [6.07, 6.45) is 38.3. The van der Waals surface area contributed by atoms with Crippen LogP contribution in [-0.2, 0) is 25.5 Å². The predicted octanol–water partition coefficient (Wildman–Crippen LogP) is 13.0. The summed E-state index contributed by atoms with van der Waals surface area (Å²) in [6.45, 7) is 10.5. The molecule has 5 heteroatoms. The van der Waals surface area contributed by atoms with E-state index in [1.807, 2.05) is 18.4 Å². The topological polar surface area (TPSA) is 65.7 Å². The van der Waals surface area contributed by atoms with Crippen LogP contribution in [0.2, 0.25) is 0 Å². The van der Waals surface area contributed by atoms with Crippen LogP contribution in [0.3, 0.4) is 0 Å². The lowest BCUT2D eigenvalue weighted by Gasteiger charge is -2.10. The monoisotopic (exact) mass is 662 g/mol. The van der Waals surface area contributed by atoms with E-state index in [1.165, 1.54) is 74.5 Å². The molecule has 0 aromatic carbocycles. The highest BCUT2D eigenvalue weighted by Gasteiger charge is 2.30. The van der Waals surface area contributed by atoms with Crippen LogP contribution in [0, 0.1) is 5.92 Å². The van der Waals surface area contributed by atoms with Gasteiger partial charge < -0.3 is 13.9 Å². The summed E-state index contributed by atoms with van der Waals surface area (Å²) in [5.74, 6) is 0.176. The van der Waals surface area contributed by atoms with Crippen molar-refractivity contribution in [3.63, 3.8) is 0 Å². The summed E-state index contributed by atoms with van der Waals surface area (Å²) in [5, 5.41) is 0. The van der Waals surface area contributed by atoms with Crippen LogP contribution in [0.25, 0.3) is 0 Å². The largest absolute Gasteiger partial charge is 0.472 e. The van der Waals surface area contributed by atoms with Gasteiger partial charge in [0.15, 0.2) is 11.5 Å². The van der Waals surface area contributed by atoms with Crippen molar-refractivity contribution in [2.75, 3.05) is 0 Å². The Bertz CT molecular complexity index is 1190. The molecule has 48 heavy (non-hydrogen) atoms. The molecule has 5 nitrogen and oxygen atoms in total. The summed E-state index contributed by atoms with van der Waals surface area (Å²) in [7, 11) is 0. The number of allylic oxidation sites excluding steroid dienone is 7. The average molecular weight is 663 g/mol. The van der Waals surface area contributed by atoms with Gasteiger partial charge in [-0.05, 0) is 121 Å². The zero-order valence-corrected chi connectivity index (χ0v) is 31.1. The number of furan rings is 1. The van der Waals surface area contributed by atoms with E-state index in [0.29, 0.717) is 23.5 Å². The molecule has 2 heterocycles. The lowest BCUT2D eigenvalue weighted by atomic mass is 9.99. The van der Waals surface area contributed by atoms with E-state index >= 15 is 0 Å².